The highest BCUT2D eigenvalue weighted by atomic mass is 35.5. The fourth-order valence-corrected chi connectivity index (χ4v) is 2.86. The highest BCUT2D eigenvalue weighted by molar-refractivity contribution is 7.13. The van der Waals surface area contributed by atoms with Gasteiger partial charge in [-0.05, 0) is 36.6 Å². The van der Waals surface area contributed by atoms with Crippen molar-refractivity contribution in [2.24, 2.45) is 0 Å². The van der Waals surface area contributed by atoms with Gasteiger partial charge in [0.1, 0.15) is 11.5 Å². The number of oxazole rings is 1. The van der Waals surface area contributed by atoms with E-state index < -0.39 is 11.8 Å². The molecule has 3 rings (SSSR count). The summed E-state index contributed by atoms with van der Waals surface area (Å²) >= 11 is 7.22. The zero-order valence-corrected chi connectivity index (χ0v) is 14.4. The second-order valence-corrected chi connectivity index (χ2v) is 6.35. The first-order valence-corrected chi connectivity index (χ1v) is 8.32. The van der Waals surface area contributed by atoms with Gasteiger partial charge in [0, 0.05) is 5.02 Å². The van der Waals surface area contributed by atoms with Crippen LogP contribution in [0.5, 0.6) is 5.75 Å². The lowest BCUT2D eigenvalue weighted by Gasteiger charge is -2.07. The van der Waals surface area contributed by atoms with Crippen molar-refractivity contribution < 1.29 is 19.1 Å². The van der Waals surface area contributed by atoms with E-state index in [0.717, 1.165) is 4.88 Å². The molecule has 1 aromatic carbocycles. The highest BCUT2D eigenvalue weighted by Crippen LogP contribution is 2.26. The third kappa shape index (κ3) is 3.65. The number of hydrogen-bond donors (Lipinski definition) is 3. The summed E-state index contributed by atoms with van der Waals surface area (Å²) in [6, 6.07) is 7.68. The Morgan fingerprint density at radius 3 is 2.72 bits per heavy atom. The Morgan fingerprint density at radius 1 is 1.24 bits per heavy atom. The molecule has 7 nitrogen and oxygen atoms in total. The van der Waals surface area contributed by atoms with Crippen molar-refractivity contribution in [3.8, 4) is 16.5 Å². The summed E-state index contributed by atoms with van der Waals surface area (Å²) in [5.74, 6) is -0.960. The van der Waals surface area contributed by atoms with Crippen LogP contribution in [-0.4, -0.2) is 21.9 Å². The van der Waals surface area contributed by atoms with Gasteiger partial charge in [0.2, 0.25) is 5.89 Å². The van der Waals surface area contributed by atoms with E-state index in [1.807, 2.05) is 17.5 Å². The van der Waals surface area contributed by atoms with Crippen LogP contribution in [0.25, 0.3) is 10.8 Å². The molecule has 2 heterocycles. The van der Waals surface area contributed by atoms with E-state index in [2.05, 4.69) is 15.8 Å². The number of halogens is 1. The maximum absolute atomic E-state index is 12.2. The molecule has 3 N–H and O–H groups in total. The van der Waals surface area contributed by atoms with Crippen molar-refractivity contribution >= 4 is 34.8 Å². The number of aromatic hydroxyl groups is 1. The van der Waals surface area contributed by atoms with Crippen LogP contribution in [0.15, 0.2) is 40.1 Å². The first-order chi connectivity index (χ1) is 12.0. The number of phenolic OH excluding ortho intramolecular Hbond substituents is 1. The number of amides is 2. The van der Waals surface area contributed by atoms with Crippen LogP contribution < -0.4 is 10.9 Å². The van der Waals surface area contributed by atoms with Crippen molar-refractivity contribution in [2.45, 2.75) is 6.92 Å². The number of benzene rings is 1. The summed E-state index contributed by atoms with van der Waals surface area (Å²) in [5, 5.41) is 11.8. The van der Waals surface area contributed by atoms with Gasteiger partial charge in [-0.15, -0.1) is 11.3 Å². The summed E-state index contributed by atoms with van der Waals surface area (Å²) in [4.78, 5) is 29.2. The maximum atomic E-state index is 12.2. The molecule has 0 bridgehead atoms. The minimum atomic E-state index is -0.715. The first-order valence-electron chi connectivity index (χ1n) is 7.06. The lowest BCUT2D eigenvalue weighted by Crippen LogP contribution is -2.42. The standard InChI is InChI=1S/C16H12ClN3O4S/c1-8-13(18-16(24-8)12-3-2-6-25-12)15(23)20-19-14(22)10-7-9(17)4-5-11(10)21/h2-7,21H,1H3,(H,19,22)(H,20,23). The molecule has 0 saturated heterocycles. The molecule has 0 aliphatic rings. The van der Waals surface area contributed by atoms with E-state index in [0.29, 0.717) is 11.7 Å². The Kier molecular flexibility index (Phi) is 4.73. The van der Waals surface area contributed by atoms with Gasteiger partial charge in [-0.25, -0.2) is 4.98 Å². The van der Waals surface area contributed by atoms with Crippen LogP contribution in [-0.2, 0) is 0 Å². The zero-order chi connectivity index (χ0) is 18.0. The number of nitrogens with one attached hydrogen (secondary N) is 2. The van der Waals surface area contributed by atoms with Crippen molar-refractivity contribution in [3.63, 3.8) is 0 Å². The first kappa shape index (κ1) is 17.0. The maximum Gasteiger partial charge on any atom is 0.291 e. The number of nitrogens with zero attached hydrogens (tertiary/aromatic N) is 1. The van der Waals surface area contributed by atoms with Gasteiger partial charge in [-0.2, -0.15) is 0 Å². The van der Waals surface area contributed by atoms with Gasteiger partial charge >= 0.3 is 0 Å². The molecule has 3 aromatic rings. The number of carbonyl (C=O) groups excluding carboxylic acids is 2. The van der Waals surface area contributed by atoms with E-state index in [4.69, 9.17) is 16.0 Å². The van der Waals surface area contributed by atoms with Crippen LogP contribution in [0.3, 0.4) is 0 Å². The second kappa shape index (κ2) is 6.96. The van der Waals surface area contributed by atoms with Gasteiger partial charge in [-0.1, -0.05) is 17.7 Å². The number of hydrogen-bond acceptors (Lipinski definition) is 6. The SMILES string of the molecule is Cc1oc(-c2cccs2)nc1C(=O)NNC(=O)c1cc(Cl)ccc1O. The number of aromatic nitrogens is 1. The van der Waals surface area contributed by atoms with Crippen LogP contribution >= 0.6 is 22.9 Å². The molecule has 0 aliphatic heterocycles. The number of thiophene rings is 1. The predicted molar refractivity (Wildman–Crippen MR) is 92.6 cm³/mol. The normalized spacial score (nSPS) is 10.5. The van der Waals surface area contributed by atoms with Gasteiger partial charge in [0.15, 0.2) is 5.69 Å². The fraction of sp³-hybridized carbons (Fsp3) is 0.0625. The van der Waals surface area contributed by atoms with Crippen LogP contribution in [0, 0.1) is 6.92 Å². The predicted octanol–water partition coefficient (Wildman–Crippen LogP) is 3.15. The average Bonchev–Trinajstić information content (AvgIpc) is 3.24. The van der Waals surface area contributed by atoms with Crippen LogP contribution in [0.1, 0.15) is 26.6 Å². The molecule has 2 aromatic heterocycles. The number of carbonyl (C=O) groups is 2. The van der Waals surface area contributed by atoms with Crippen molar-refractivity contribution in [2.75, 3.05) is 0 Å². The number of hydrazine groups is 1. The monoisotopic (exact) mass is 377 g/mol. The molecule has 0 aliphatic carbocycles. The topological polar surface area (TPSA) is 104 Å². The third-order valence-electron chi connectivity index (χ3n) is 3.24. The number of phenols is 1. The van der Waals surface area contributed by atoms with E-state index in [1.165, 1.54) is 29.5 Å². The Balaban J connectivity index is 1.71. The van der Waals surface area contributed by atoms with Gasteiger partial charge in [0.05, 0.1) is 10.4 Å². The summed E-state index contributed by atoms with van der Waals surface area (Å²) in [6.45, 7) is 1.60. The van der Waals surface area contributed by atoms with Crippen molar-refractivity contribution in [1.29, 1.82) is 0 Å². The molecule has 9 heteroatoms. The Labute approximate surface area is 151 Å². The van der Waals surface area contributed by atoms with Crippen molar-refractivity contribution in [3.05, 3.63) is 57.8 Å². The Morgan fingerprint density at radius 2 is 2.00 bits per heavy atom. The van der Waals surface area contributed by atoms with Crippen LogP contribution in [0.2, 0.25) is 5.02 Å². The van der Waals surface area contributed by atoms with E-state index in [-0.39, 0.29) is 22.0 Å². The lowest BCUT2D eigenvalue weighted by atomic mass is 10.2. The highest BCUT2D eigenvalue weighted by Gasteiger charge is 2.20. The molecule has 0 unspecified atom stereocenters. The molecule has 2 amide bonds. The minimum absolute atomic E-state index is 0.0546. The average molecular weight is 378 g/mol. The summed E-state index contributed by atoms with van der Waals surface area (Å²) in [5.41, 5.74) is 4.42. The molecule has 0 fully saturated rings. The van der Waals surface area contributed by atoms with E-state index >= 15 is 0 Å². The largest absolute Gasteiger partial charge is 0.507 e. The quantitative estimate of drug-likeness (QED) is 0.608. The molecule has 0 saturated carbocycles. The summed E-state index contributed by atoms with van der Waals surface area (Å²) in [7, 11) is 0. The van der Waals surface area contributed by atoms with Gasteiger partial charge in [0.25, 0.3) is 11.8 Å². The van der Waals surface area contributed by atoms with Gasteiger partial charge < -0.3 is 9.52 Å². The molecular formula is C16H12ClN3O4S. The zero-order valence-electron chi connectivity index (χ0n) is 12.9. The Hall–Kier alpha value is -2.84. The smallest absolute Gasteiger partial charge is 0.291 e. The lowest BCUT2D eigenvalue weighted by molar-refractivity contribution is 0.0841. The van der Waals surface area contributed by atoms with E-state index in [1.54, 1.807) is 6.92 Å². The van der Waals surface area contributed by atoms with Gasteiger partial charge in [-0.3, -0.25) is 20.4 Å². The van der Waals surface area contributed by atoms with E-state index in [9.17, 15) is 14.7 Å². The van der Waals surface area contributed by atoms with Crippen molar-refractivity contribution in [1.82, 2.24) is 15.8 Å². The molecular weight excluding hydrogens is 366 g/mol. The Bertz CT molecular complexity index is 937. The molecule has 128 valence electrons. The number of aryl methyl sites for hydroxylation is 1. The molecule has 0 spiro atoms. The fourth-order valence-electron chi connectivity index (χ4n) is 2.04. The van der Waals surface area contributed by atoms with Crippen LogP contribution in [0.4, 0.5) is 0 Å². The molecule has 0 atom stereocenters. The minimum Gasteiger partial charge on any atom is -0.507 e. The second-order valence-electron chi connectivity index (χ2n) is 4.97. The summed E-state index contributed by atoms with van der Waals surface area (Å²) in [6.07, 6.45) is 0. The summed E-state index contributed by atoms with van der Waals surface area (Å²) < 4.78 is 5.47. The molecule has 25 heavy (non-hydrogen) atoms. The number of rotatable bonds is 3. The molecule has 0 radical (unpaired) electrons. The third-order valence-corrected chi connectivity index (χ3v) is 4.33.